The van der Waals surface area contributed by atoms with Crippen molar-refractivity contribution >= 4 is 11.8 Å². The molecule has 3 aromatic rings. The third-order valence-electron chi connectivity index (χ3n) is 5.94. The molecule has 9 nitrogen and oxygen atoms in total. The molecule has 4 rings (SSSR count). The Morgan fingerprint density at radius 2 is 2.00 bits per heavy atom. The maximum Gasteiger partial charge on any atom is 0.573 e. The average Bonchev–Trinajstić information content (AvgIpc) is 3.19. The number of urea groups is 1. The summed E-state index contributed by atoms with van der Waals surface area (Å²) in [5.74, 6) is 0.373. The third kappa shape index (κ3) is 7.17. The summed E-state index contributed by atoms with van der Waals surface area (Å²) in [7, 11) is 1.48. The van der Waals surface area contributed by atoms with Gasteiger partial charge in [-0.3, -0.25) is 5.32 Å². The minimum atomic E-state index is -4.87. The van der Waals surface area contributed by atoms with E-state index in [2.05, 4.69) is 25.8 Å². The van der Waals surface area contributed by atoms with Gasteiger partial charge >= 0.3 is 12.4 Å². The van der Waals surface area contributed by atoms with E-state index in [1.165, 1.54) is 25.3 Å². The zero-order chi connectivity index (χ0) is 27.1. The number of amides is 2. The van der Waals surface area contributed by atoms with Crippen LogP contribution in [0.15, 0.2) is 48.5 Å². The van der Waals surface area contributed by atoms with E-state index in [4.69, 9.17) is 9.47 Å². The molecule has 1 aromatic heterocycles. The molecule has 2 aromatic carbocycles. The maximum atomic E-state index is 12.9. The summed E-state index contributed by atoms with van der Waals surface area (Å²) in [5.41, 5.74) is 2.11. The molecule has 1 aliphatic heterocycles. The predicted octanol–water partition coefficient (Wildman–Crippen LogP) is 4.68. The maximum absolute atomic E-state index is 12.9. The van der Waals surface area contributed by atoms with E-state index in [0.29, 0.717) is 35.1 Å². The first kappa shape index (κ1) is 27.3. The van der Waals surface area contributed by atoms with Crippen molar-refractivity contribution < 1.29 is 32.2 Å². The molecule has 1 unspecified atom stereocenters. The molecule has 0 radical (unpaired) electrons. The lowest BCUT2D eigenvalue weighted by molar-refractivity contribution is -0.274. The highest BCUT2D eigenvalue weighted by Crippen LogP contribution is 2.30. The van der Waals surface area contributed by atoms with Crippen LogP contribution in [0, 0.1) is 6.92 Å². The number of aromatic nitrogens is 2. The summed E-state index contributed by atoms with van der Waals surface area (Å²) >= 11 is 0. The molecule has 204 valence electrons. The van der Waals surface area contributed by atoms with Gasteiger partial charge in [-0.25, -0.2) is 9.48 Å². The molecule has 38 heavy (non-hydrogen) atoms. The van der Waals surface area contributed by atoms with E-state index < -0.39 is 18.1 Å². The van der Waals surface area contributed by atoms with E-state index in [1.54, 1.807) is 11.6 Å². The molecule has 12 heteroatoms. The van der Waals surface area contributed by atoms with Crippen molar-refractivity contribution in [3.63, 3.8) is 0 Å². The van der Waals surface area contributed by atoms with Gasteiger partial charge in [-0.1, -0.05) is 24.3 Å². The molecule has 0 aliphatic carbocycles. The number of hydrogen-bond donors (Lipinski definition) is 3. The number of para-hydroxylation sites is 1. The summed E-state index contributed by atoms with van der Waals surface area (Å²) in [6.07, 6.45) is -3.04. The van der Waals surface area contributed by atoms with Crippen LogP contribution in [0.5, 0.6) is 11.6 Å². The fourth-order valence-electron chi connectivity index (χ4n) is 4.15. The smallest absolute Gasteiger partial charge is 0.472 e. The highest BCUT2D eigenvalue weighted by molar-refractivity contribution is 5.89. The normalized spacial score (nSPS) is 15.7. The van der Waals surface area contributed by atoms with E-state index >= 15 is 0 Å². The van der Waals surface area contributed by atoms with Gasteiger partial charge in [-0.05, 0) is 56.1 Å². The Hall–Kier alpha value is -3.77. The number of alkyl halides is 3. The molecule has 0 bridgehead atoms. The molecule has 0 saturated carbocycles. The predicted molar refractivity (Wildman–Crippen MR) is 135 cm³/mol. The van der Waals surface area contributed by atoms with Gasteiger partial charge in [0.15, 0.2) is 0 Å². The number of rotatable bonds is 9. The van der Waals surface area contributed by atoms with Crippen molar-refractivity contribution in [2.45, 2.75) is 45.4 Å². The summed E-state index contributed by atoms with van der Waals surface area (Å²) in [5, 5.41) is 13.3. The third-order valence-corrected chi connectivity index (χ3v) is 5.94. The number of benzene rings is 2. The number of halogens is 3. The molecule has 1 aliphatic rings. The van der Waals surface area contributed by atoms with Crippen LogP contribution in [0.25, 0.3) is 5.69 Å². The first-order valence-electron chi connectivity index (χ1n) is 12.2. The van der Waals surface area contributed by atoms with Crippen LogP contribution < -0.4 is 25.4 Å². The summed E-state index contributed by atoms with van der Waals surface area (Å²) < 4.78 is 55.6. The molecule has 3 N–H and O–H groups in total. The molecule has 1 atom stereocenters. The monoisotopic (exact) mass is 533 g/mol. The molecule has 0 spiro atoms. The zero-order valence-corrected chi connectivity index (χ0v) is 21.1. The van der Waals surface area contributed by atoms with Gasteiger partial charge in [-0.15, -0.1) is 18.3 Å². The number of carbonyl (C=O) groups excluding carboxylic acids is 1. The number of nitrogens with one attached hydrogen (secondary N) is 3. The van der Waals surface area contributed by atoms with Gasteiger partial charge in [0, 0.05) is 25.8 Å². The lowest BCUT2D eigenvalue weighted by Crippen LogP contribution is -2.37. The Morgan fingerprint density at radius 3 is 2.68 bits per heavy atom. The van der Waals surface area contributed by atoms with E-state index in [0.717, 1.165) is 19.4 Å². The molecule has 1 fully saturated rings. The second-order valence-electron chi connectivity index (χ2n) is 8.84. The minimum Gasteiger partial charge on any atom is -0.472 e. The summed E-state index contributed by atoms with van der Waals surface area (Å²) in [6, 6.07) is 12.8. The van der Waals surface area contributed by atoms with Crippen LogP contribution >= 0.6 is 0 Å². The average molecular weight is 534 g/mol. The molecule has 2 amide bonds. The Labute approximate surface area is 218 Å². The Morgan fingerprint density at radius 1 is 1.21 bits per heavy atom. The quantitative estimate of drug-likeness (QED) is 0.370. The number of nitrogens with zero attached hydrogens (tertiary/aromatic N) is 2. The Kier molecular flexibility index (Phi) is 8.74. The van der Waals surface area contributed by atoms with Gasteiger partial charge in [0.2, 0.25) is 5.88 Å². The van der Waals surface area contributed by atoms with Crippen LogP contribution in [0.2, 0.25) is 0 Å². The second kappa shape index (κ2) is 12.2. The number of ether oxygens (including phenoxy) is 3. The lowest BCUT2D eigenvalue weighted by Gasteiger charge is -2.23. The summed E-state index contributed by atoms with van der Waals surface area (Å²) in [6.45, 7) is 3.40. The Bertz CT molecular complexity index is 1230. The van der Waals surface area contributed by atoms with Crippen molar-refractivity contribution in [3.8, 4) is 17.3 Å². The molecular formula is C26H30F3N5O4. The van der Waals surface area contributed by atoms with Crippen LogP contribution in [-0.4, -0.2) is 48.5 Å². The largest absolute Gasteiger partial charge is 0.573 e. The fourth-order valence-corrected chi connectivity index (χ4v) is 4.15. The summed E-state index contributed by atoms with van der Waals surface area (Å²) in [4.78, 5) is 12.9. The van der Waals surface area contributed by atoms with E-state index in [9.17, 15) is 18.0 Å². The van der Waals surface area contributed by atoms with Crippen molar-refractivity contribution in [2.24, 2.45) is 0 Å². The molecule has 1 saturated heterocycles. The minimum absolute atomic E-state index is 0.0466. The van der Waals surface area contributed by atoms with Crippen molar-refractivity contribution in [1.29, 1.82) is 0 Å². The highest BCUT2D eigenvalue weighted by atomic mass is 19.4. The van der Waals surface area contributed by atoms with Crippen LogP contribution in [0.1, 0.15) is 29.5 Å². The number of piperidine rings is 1. The topological polar surface area (TPSA) is 98.7 Å². The van der Waals surface area contributed by atoms with Gasteiger partial charge in [-0.2, -0.15) is 0 Å². The van der Waals surface area contributed by atoms with Crippen LogP contribution in [0.4, 0.5) is 23.8 Å². The van der Waals surface area contributed by atoms with Gasteiger partial charge < -0.3 is 24.8 Å². The second-order valence-corrected chi connectivity index (χ2v) is 8.84. The lowest BCUT2D eigenvalue weighted by atomic mass is 10.1. The van der Waals surface area contributed by atoms with Gasteiger partial charge in [0.05, 0.1) is 17.9 Å². The fraction of sp³-hybridized carbons (Fsp3) is 0.385. The molecular weight excluding hydrogens is 503 g/mol. The first-order chi connectivity index (χ1) is 18.2. The van der Waals surface area contributed by atoms with Crippen LogP contribution in [0.3, 0.4) is 0 Å². The SMILES string of the molecule is COCc1ccc(OC(F)(F)F)c(CNC(=O)Nc2c(C)c(OC3CCCNC3)nn2-c2ccccc2)c1. The van der Waals surface area contributed by atoms with Gasteiger partial charge in [0.1, 0.15) is 17.7 Å². The van der Waals surface area contributed by atoms with Gasteiger partial charge in [0.25, 0.3) is 0 Å². The zero-order valence-electron chi connectivity index (χ0n) is 21.1. The highest BCUT2D eigenvalue weighted by Gasteiger charge is 2.32. The van der Waals surface area contributed by atoms with Crippen molar-refractivity contribution in [2.75, 3.05) is 25.5 Å². The van der Waals surface area contributed by atoms with Crippen molar-refractivity contribution in [3.05, 3.63) is 65.2 Å². The number of anilines is 1. The number of methoxy groups -OCH3 is 1. The standard InChI is InChI=1S/C26H30F3N5O4/c1-17-23(34(20-7-4-3-5-8-20)33-24(17)37-21-9-6-12-30-15-21)32-25(35)31-14-19-13-18(16-36-2)10-11-22(19)38-26(27,28)29/h3-5,7-8,10-11,13,21,30H,6,9,12,14-16H2,1-2H3,(H2,31,32,35). The van der Waals surface area contributed by atoms with Crippen molar-refractivity contribution in [1.82, 2.24) is 20.4 Å². The molecule has 2 heterocycles. The number of carbonyl (C=O) groups is 1. The first-order valence-corrected chi connectivity index (χ1v) is 12.2. The Balaban J connectivity index is 1.53. The van der Waals surface area contributed by atoms with E-state index in [1.807, 2.05) is 30.3 Å². The van der Waals surface area contributed by atoms with E-state index in [-0.39, 0.29) is 24.8 Å². The van der Waals surface area contributed by atoms with Crippen LogP contribution in [-0.2, 0) is 17.9 Å². The number of hydrogen-bond acceptors (Lipinski definition) is 6.